The number of likely N-dealkylation sites (N-methyl/N-ethyl adjacent to an activating group) is 1. The lowest BCUT2D eigenvalue weighted by Crippen LogP contribution is -2.38. The van der Waals surface area contributed by atoms with E-state index in [0.29, 0.717) is 0 Å². The molecule has 0 radical (unpaired) electrons. The molecule has 0 spiro atoms. The lowest BCUT2D eigenvalue weighted by Gasteiger charge is -2.32. The van der Waals surface area contributed by atoms with Crippen molar-refractivity contribution >= 4 is 27.3 Å². The lowest BCUT2D eigenvalue weighted by atomic mass is 10.2. The van der Waals surface area contributed by atoms with E-state index in [1.165, 1.54) is 11.4 Å². The molecule has 1 aromatic rings. The molecule has 2 rings (SSSR count). The Morgan fingerprint density at radius 1 is 1.53 bits per heavy atom. The van der Waals surface area contributed by atoms with Gasteiger partial charge in [0.2, 0.25) is 0 Å². The first-order chi connectivity index (χ1) is 7.31. The molecular weight excluding hydrogens is 254 g/mol. The van der Waals surface area contributed by atoms with Gasteiger partial charge in [-0.25, -0.2) is 0 Å². The number of nitrogens with one attached hydrogen (secondary N) is 2. The van der Waals surface area contributed by atoms with Crippen molar-refractivity contribution in [2.75, 3.05) is 43.4 Å². The summed E-state index contributed by atoms with van der Waals surface area (Å²) in [6, 6.07) is 6.38. The second-order valence-corrected chi connectivity index (χ2v) is 4.59. The van der Waals surface area contributed by atoms with E-state index < -0.39 is 0 Å². The van der Waals surface area contributed by atoms with Gasteiger partial charge in [-0.2, -0.15) is 0 Å². The number of hydrogen-bond acceptors (Lipinski definition) is 3. The zero-order valence-corrected chi connectivity index (χ0v) is 10.5. The second-order valence-electron chi connectivity index (χ2n) is 3.68. The summed E-state index contributed by atoms with van der Waals surface area (Å²) in [4.78, 5) is 2.41. The molecule has 1 aliphatic heterocycles. The van der Waals surface area contributed by atoms with Crippen molar-refractivity contribution < 1.29 is 0 Å². The van der Waals surface area contributed by atoms with Crippen LogP contribution in [-0.2, 0) is 0 Å². The van der Waals surface area contributed by atoms with E-state index in [0.717, 1.165) is 30.7 Å². The maximum atomic E-state index is 3.52. The minimum atomic E-state index is 1.02. The number of benzene rings is 1. The number of fused-ring (bicyclic) bond motifs is 1. The summed E-state index contributed by atoms with van der Waals surface area (Å²) in [7, 11) is 1.99. The SMILES string of the molecule is CNCCN1CCNc2ccc(Br)cc21. The van der Waals surface area contributed by atoms with Gasteiger partial charge in [0, 0.05) is 30.7 Å². The van der Waals surface area contributed by atoms with Gasteiger partial charge in [-0.3, -0.25) is 0 Å². The van der Waals surface area contributed by atoms with Crippen molar-refractivity contribution in [2.24, 2.45) is 0 Å². The molecule has 1 aliphatic rings. The minimum absolute atomic E-state index is 1.02. The molecular formula is C11H16BrN3. The molecule has 1 aromatic carbocycles. The molecule has 0 aliphatic carbocycles. The number of nitrogens with zero attached hydrogens (tertiary/aromatic N) is 1. The van der Waals surface area contributed by atoms with Gasteiger partial charge in [-0.05, 0) is 25.2 Å². The maximum absolute atomic E-state index is 3.52. The molecule has 0 saturated heterocycles. The first kappa shape index (κ1) is 10.8. The molecule has 1 heterocycles. The van der Waals surface area contributed by atoms with Crippen molar-refractivity contribution in [3.05, 3.63) is 22.7 Å². The highest BCUT2D eigenvalue weighted by atomic mass is 79.9. The van der Waals surface area contributed by atoms with Crippen LogP contribution in [0.3, 0.4) is 0 Å². The average Bonchev–Trinajstić information content (AvgIpc) is 2.26. The molecule has 4 heteroatoms. The van der Waals surface area contributed by atoms with Gasteiger partial charge >= 0.3 is 0 Å². The van der Waals surface area contributed by atoms with E-state index >= 15 is 0 Å². The Labute approximate surface area is 99.0 Å². The predicted octanol–water partition coefficient (Wildman–Crippen LogP) is 1.90. The first-order valence-electron chi connectivity index (χ1n) is 5.24. The Bertz CT molecular complexity index is 341. The highest BCUT2D eigenvalue weighted by Crippen LogP contribution is 2.31. The van der Waals surface area contributed by atoms with E-state index in [2.05, 4.69) is 49.7 Å². The average molecular weight is 270 g/mol. The van der Waals surface area contributed by atoms with Crippen molar-refractivity contribution in [3.8, 4) is 0 Å². The van der Waals surface area contributed by atoms with E-state index in [-0.39, 0.29) is 0 Å². The van der Waals surface area contributed by atoms with Crippen molar-refractivity contribution in [3.63, 3.8) is 0 Å². The summed E-state index contributed by atoms with van der Waals surface area (Å²) in [6.07, 6.45) is 0. The molecule has 0 amide bonds. The Hall–Kier alpha value is -0.740. The summed E-state index contributed by atoms with van der Waals surface area (Å²) in [6.45, 7) is 4.18. The highest BCUT2D eigenvalue weighted by Gasteiger charge is 2.15. The fraction of sp³-hybridized carbons (Fsp3) is 0.455. The van der Waals surface area contributed by atoms with Gasteiger partial charge in [0.05, 0.1) is 11.4 Å². The Kier molecular flexibility index (Phi) is 3.49. The molecule has 15 heavy (non-hydrogen) atoms. The van der Waals surface area contributed by atoms with Gasteiger partial charge in [0.15, 0.2) is 0 Å². The molecule has 0 fully saturated rings. The molecule has 82 valence electrons. The van der Waals surface area contributed by atoms with Crippen molar-refractivity contribution in [1.82, 2.24) is 5.32 Å². The second kappa shape index (κ2) is 4.86. The smallest absolute Gasteiger partial charge is 0.0614 e. The van der Waals surface area contributed by atoms with Crippen LogP contribution >= 0.6 is 15.9 Å². The van der Waals surface area contributed by atoms with E-state index in [4.69, 9.17) is 0 Å². The van der Waals surface area contributed by atoms with Gasteiger partial charge in [-0.15, -0.1) is 0 Å². The van der Waals surface area contributed by atoms with Crippen LogP contribution in [0.5, 0.6) is 0 Å². The quantitative estimate of drug-likeness (QED) is 0.878. The summed E-state index contributed by atoms with van der Waals surface area (Å²) >= 11 is 3.52. The number of rotatable bonds is 3. The van der Waals surface area contributed by atoms with Crippen LogP contribution in [0.1, 0.15) is 0 Å². The summed E-state index contributed by atoms with van der Waals surface area (Å²) < 4.78 is 1.14. The molecule has 0 saturated carbocycles. The van der Waals surface area contributed by atoms with Crippen molar-refractivity contribution in [1.29, 1.82) is 0 Å². The lowest BCUT2D eigenvalue weighted by molar-refractivity contribution is 0.719. The van der Waals surface area contributed by atoms with Gasteiger partial charge < -0.3 is 15.5 Å². The van der Waals surface area contributed by atoms with Gasteiger partial charge in [0.25, 0.3) is 0 Å². The minimum Gasteiger partial charge on any atom is -0.382 e. The normalized spacial score (nSPS) is 14.7. The summed E-state index contributed by atoms with van der Waals surface area (Å²) in [5, 5.41) is 6.60. The Morgan fingerprint density at radius 3 is 3.20 bits per heavy atom. The van der Waals surface area contributed by atoms with Crippen LogP contribution < -0.4 is 15.5 Å². The van der Waals surface area contributed by atoms with Crippen LogP contribution in [0, 0.1) is 0 Å². The zero-order chi connectivity index (χ0) is 10.7. The van der Waals surface area contributed by atoms with Gasteiger partial charge in [-0.1, -0.05) is 15.9 Å². The van der Waals surface area contributed by atoms with E-state index in [9.17, 15) is 0 Å². The number of anilines is 2. The van der Waals surface area contributed by atoms with Gasteiger partial charge in [0.1, 0.15) is 0 Å². The topological polar surface area (TPSA) is 27.3 Å². The molecule has 0 unspecified atom stereocenters. The monoisotopic (exact) mass is 269 g/mol. The van der Waals surface area contributed by atoms with E-state index in [1.807, 2.05) is 7.05 Å². The fourth-order valence-corrected chi connectivity index (χ4v) is 2.19. The predicted molar refractivity (Wildman–Crippen MR) is 68.8 cm³/mol. The third-order valence-corrected chi connectivity index (χ3v) is 3.12. The standard InChI is InChI=1S/C11H16BrN3/c1-13-4-6-15-7-5-14-10-3-2-9(12)8-11(10)15/h2-3,8,13-14H,4-7H2,1H3. The Balaban J connectivity index is 2.20. The fourth-order valence-electron chi connectivity index (χ4n) is 1.84. The molecule has 0 bridgehead atoms. The maximum Gasteiger partial charge on any atom is 0.0614 e. The first-order valence-corrected chi connectivity index (χ1v) is 6.03. The molecule has 0 atom stereocenters. The number of hydrogen-bond donors (Lipinski definition) is 2. The van der Waals surface area contributed by atoms with Crippen LogP contribution in [0.15, 0.2) is 22.7 Å². The van der Waals surface area contributed by atoms with E-state index in [1.54, 1.807) is 0 Å². The molecule has 0 aromatic heterocycles. The van der Waals surface area contributed by atoms with Crippen LogP contribution in [0.25, 0.3) is 0 Å². The molecule has 3 nitrogen and oxygen atoms in total. The van der Waals surface area contributed by atoms with Crippen LogP contribution in [0.2, 0.25) is 0 Å². The van der Waals surface area contributed by atoms with Crippen molar-refractivity contribution in [2.45, 2.75) is 0 Å². The highest BCUT2D eigenvalue weighted by molar-refractivity contribution is 9.10. The zero-order valence-electron chi connectivity index (χ0n) is 8.89. The van der Waals surface area contributed by atoms with Crippen LogP contribution in [-0.4, -0.2) is 33.2 Å². The Morgan fingerprint density at radius 2 is 2.40 bits per heavy atom. The third kappa shape index (κ3) is 2.44. The third-order valence-electron chi connectivity index (χ3n) is 2.63. The summed E-state index contributed by atoms with van der Waals surface area (Å²) in [5.74, 6) is 0. The molecule has 2 N–H and O–H groups in total. The van der Waals surface area contributed by atoms with Crippen LogP contribution in [0.4, 0.5) is 11.4 Å². The largest absolute Gasteiger partial charge is 0.382 e. The summed E-state index contributed by atoms with van der Waals surface area (Å²) in [5.41, 5.74) is 2.53. The number of halogens is 1.